The Kier molecular flexibility index (Phi) is 12.5. The summed E-state index contributed by atoms with van der Waals surface area (Å²) < 4.78 is 17.1. The van der Waals surface area contributed by atoms with Crippen LogP contribution < -0.4 is 14.2 Å². The largest absolute Gasteiger partial charge is 0.494 e. The third-order valence-electron chi connectivity index (χ3n) is 6.22. The molecule has 5 nitrogen and oxygen atoms in total. The Hall–Kier alpha value is -3.34. The first kappa shape index (κ1) is 28.2. The minimum Gasteiger partial charge on any atom is -0.494 e. The Morgan fingerprint density at radius 3 is 1.92 bits per heavy atom. The number of benzene rings is 2. The number of hydrogen-bond acceptors (Lipinski definition) is 5. The molecule has 0 aliphatic rings. The number of unbranched alkanes of at least 4 members (excludes halogenated alkanes) is 6. The Labute approximate surface area is 222 Å². The fourth-order valence-electron chi connectivity index (χ4n) is 3.93. The molecule has 3 aromatic rings. The molecule has 5 heteroatoms. The van der Waals surface area contributed by atoms with Gasteiger partial charge in [-0.05, 0) is 79.8 Å². The summed E-state index contributed by atoms with van der Waals surface area (Å²) in [7, 11) is 0. The Bertz CT molecular complexity index is 1030. The van der Waals surface area contributed by atoms with Crippen molar-refractivity contribution in [1.82, 2.24) is 4.98 Å². The molecular formula is C32H41NO4. The Morgan fingerprint density at radius 2 is 1.24 bits per heavy atom. The molecular weight excluding hydrogens is 462 g/mol. The van der Waals surface area contributed by atoms with Crippen molar-refractivity contribution in [3.8, 4) is 17.2 Å². The molecule has 0 N–H and O–H groups in total. The molecule has 0 radical (unpaired) electrons. The van der Waals surface area contributed by atoms with E-state index in [1.165, 1.54) is 38.5 Å². The highest BCUT2D eigenvalue weighted by Gasteiger charge is 2.09. The van der Waals surface area contributed by atoms with Crippen LogP contribution in [0.25, 0.3) is 0 Å². The monoisotopic (exact) mass is 503 g/mol. The number of ether oxygens (including phenoxy) is 3. The normalized spacial score (nSPS) is 10.8. The molecule has 1 aromatic heterocycles. The lowest BCUT2D eigenvalue weighted by molar-refractivity contribution is 0.0734. The van der Waals surface area contributed by atoms with Gasteiger partial charge >= 0.3 is 5.97 Å². The van der Waals surface area contributed by atoms with Crippen LogP contribution in [0.5, 0.6) is 17.2 Å². The first-order valence-corrected chi connectivity index (χ1v) is 13.8. The maximum Gasteiger partial charge on any atom is 0.343 e. The Balaban J connectivity index is 1.39. The summed E-state index contributed by atoms with van der Waals surface area (Å²) in [6.07, 6.45) is 13.0. The molecule has 0 atom stereocenters. The maximum atomic E-state index is 12.5. The standard InChI is InChI=1S/C32H41NO4/c1-3-5-7-8-10-24-35-29-20-14-27(15-21-29)32(34)37-30-18-12-26(13-19-30)11-16-28-17-22-31(25-33-28)36-23-9-6-4-2/h12-15,17-22,25H,3-11,16,23-24H2,1-2H3. The van der Waals surface area contributed by atoms with E-state index in [4.69, 9.17) is 14.2 Å². The van der Waals surface area contributed by atoms with E-state index in [9.17, 15) is 4.79 Å². The molecule has 0 aliphatic heterocycles. The van der Waals surface area contributed by atoms with E-state index in [-0.39, 0.29) is 5.97 Å². The smallest absolute Gasteiger partial charge is 0.343 e. The van der Waals surface area contributed by atoms with Gasteiger partial charge in [-0.15, -0.1) is 0 Å². The zero-order valence-electron chi connectivity index (χ0n) is 22.4. The zero-order chi connectivity index (χ0) is 26.1. The molecule has 0 spiro atoms. The van der Waals surface area contributed by atoms with Crippen LogP contribution in [0.1, 0.15) is 86.8 Å². The molecule has 0 aliphatic carbocycles. The minimum atomic E-state index is -0.375. The molecule has 0 saturated carbocycles. The van der Waals surface area contributed by atoms with Crippen LogP contribution in [-0.2, 0) is 12.8 Å². The van der Waals surface area contributed by atoms with E-state index < -0.39 is 0 Å². The summed E-state index contributed by atoms with van der Waals surface area (Å²) in [6, 6.07) is 18.8. The summed E-state index contributed by atoms with van der Waals surface area (Å²) in [6.45, 7) is 5.84. The van der Waals surface area contributed by atoms with Gasteiger partial charge in [-0.1, -0.05) is 64.5 Å². The van der Waals surface area contributed by atoms with Crippen LogP contribution in [0, 0.1) is 0 Å². The van der Waals surface area contributed by atoms with Gasteiger partial charge < -0.3 is 14.2 Å². The van der Waals surface area contributed by atoms with Gasteiger partial charge in [-0.3, -0.25) is 4.98 Å². The van der Waals surface area contributed by atoms with Gasteiger partial charge in [0.1, 0.15) is 17.2 Å². The summed E-state index contributed by atoms with van der Waals surface area (Å²) in [4.78, 5) is 17.0. The molecule has 0 bridgehead atoms. The molecule has 0 amide bonds. The summed E-state index contributed by atoms with van der Waals surface area (Å²) in [5.74, 6) is 1.76. The first-order valence-electron chi connectivity index (χ1n) is 13.8. The molecule has 0 saturated heterocycles. The van der Waals surface area contributed by atoms with Gasteiger partial charge in [0, 0.05) is 5.69 Å². The second-order valence-electron chi connectivity index (χ2n) is 9.36. The van der Waals surface area contributed by atoms with Crippen molar-refractivity contribution in [2.24, 2.45) is 0 Å². The Morgan fingerprint density at radius 1 is 0.649 bits per heavy atom. The highest BCUT2D eigenvalue weighted by molar-refractivity contribution is 5.91. The lowest BCUT2D eigenvalue weighted by Gasteiger charge is -2.08. The van der Waals surface area contributed by atoms with E-state index in [2.05, 4.69) is 18.8 Å². The summed E-state index contributed by atoms with van der Waals surface area (Å²) in [5, 5.41) is 0. The zero-order valence-corrected chi connectivity index (χ0v) is 22.4. The highest BCUT2D eigenvalue weighted by Crippen LogP contribution is 2.18. The third-order valence-corrected chi connectivity index (χ3v) is 6.22. The average molecular weight is 504 g/mol. The number of aryl methyl sites for hydroxylation is 2. The van der Waals surface area contributed by atoms with Crippen molar-refractivity contribution in [3.05, 3.63) is 83.7 Å². The molecule has 2 aromatic carbocycles. The maximum absolute atomic E-state index is 12.5. The van der Waals surface area contributed by atoms with Crippen LogP contribution in [0.15, 0.2) is 66.9 Å². The van der Waals surface area contributed by atoms with Gasteiger partial charge in [0.05, 0.1) is 25.0 Å². The second kappa shape index (κ2) is 16.4. The van der Waals surface area contributed by atoms with Crippen molar-refractivity contribution in [1.29, 1.82) is 0 Å². The van der Waals surface area contributed by atoms with E-state index in [1.54, 1.807) is 18.3 Å². The highest BCUT2D eigenvalue weighted by atomic mass is 16.5. The minimum absolute atomic E-state index is 0.375. The number of esters is 1. The van der Waals surface area contributed by atoms with Gasteiger partial charge in [0.2, 0.25) is 0 Å². The second-order valence-corrected chi connectivity index (χ2v) is 9.36. The molecule has 0 unspecified atom stereocenters. The summed E-state index contributed by atoms with van der Waals surface area (Å²) in [5.41, 5.74) is 2.70. The van der Waals surface area contributed by atoms with Crippen molar-refractivity contribution in [3.63, 3.8) is 0 Å². The lowest BCUT2D eigenvalue weighted by atomic mass is 10.1. The van der Waals surface area contributed by atoms with E-state index in [0.717, 1.165) is 55.0 Å². The third kappa shape index (κ3) is 10.7. The quantitative estimate of drug-likeness (QED) is 0.106. The predicted molar refractivity (Wildman–Crippen MR) is 149 cm³/mol. The number of aromatic nitrogens is 1. The molecule has 0 fully saturated rings. The van der Waals surface area contributed by atoms with Crippen LogP contribution in [0.2, 0.25) is 0 Å². The van der Waals surface area contributed by atoms with Gasteiger partial charge in [0.25, 0.3) is 0 Å². The number of rotatable bonds is 17. The van der Waals surface area contributed by atoms with E-state index in [0.29, 0.717) is 17.9 Å². The van der Waals surface area contributed by atoms with Crippen LogP contribution in [0.4, 0.5) is 0 Å². The molecule has 37 heavy (non-hydrogen) atoms. The van der Waals surface area contributed by atoms with Crippen molar-refractivity contribution in [2.45, 2.75) is 78.1 Å². The molecule has 198 valence electrons. The van der Waals surface area contributed by atoms with Crippen molar-refractivity contribution >= 4 is 5.97 Å². The lowest BCUT2D eigenvalue weighted by Crippen LogP contribution is -2.08. The van der Waals surface area contributed by atoms with Gasteiger partial charge in [0.15, 0.2) is 0 Å². The number of carbonyl (C=O) groups is 1. The van der Waals surface area contributed by atoms with Gasteiger partial charge in [-0.2, -0.15) is 0 Å². The number of hydrogen-bond donors (Lipinski definition) is 0. The number of carbonyl (C=O) groups excluding carboxylic acids is 1. The topological polar surface area (TPSA) is 57.7 Å². The number of pyridine rings is 1. The average Bonchev–Trinajstić information content (AvgIpc) is 2.93. The fourth-order valence-corrected chi connectivity index (χ4v) is 3.93. The van der Waals surface area contributed by atoms with Crippen LogP contribution >= 0.6 is 0 Å². The van der Waals surface area contributed by atoms with E-state index in [1.807, 2.05) is 48.5 Å². The predicted octanol–water partition coefficient (Wildman–Crippen LogP) is 8.00. The van der Waals surface area contributed by atoms with Crippen molar-refractivity contribution < 1.29 is 19.0 Å². The van der Waals surface area contributed by atoms with E-state index >= 15 is 0 Å². The van der Waals surface area contributed by atoms with Crippen molar-refractivity contribution in [2.75, 3.05) is 13.2 Å². The van der Waals surface area contributed by atoms with Gasteiger partial charge in [-0.25, -0.2) is 4.79 Å². The SMILES string of the molecule is CCCCCCCOc1ccc(C(=O)Oc2ccc(CCc3ccc(OCCCCC)cn3)cc2)cc1. The molecule has 3 rings (SSSR count). The first-order chi connectivity index (χ1) is 18.2. The number of nitrogens with zero attached hydrogens (tertiary/aromatic N) is 1. The van der Waals surface area contributed by atoms with Crippen LogP contribution in [-0.4, -0.2) is 24.2 Å². The fraction of sp³-hybridized carbons (Fsp3) is 0.438. The summed E-state index contributed by atoms with van der Waals surface area (Å²) >= 11 is 0. The van der Waals surface area contributed by atoms with Crippen LogP contribution in [0.3, 0.4) is 0 Å². The molecule has 1 heterocycles.